The van der Waals surface area contributed by atoms with E-state index < -0.39 is 0 Å². The van der Waals surface area contributed by atoms with Crippen LogP contribution in [0.5, 0.6) is 5.75 Å². The summed E-state index contributed by atoms with van der Waals surface area (Å²) >= 11 is 5.62. The van der Waals surface area contributed by atoms with Crippen molar-refractivity contribution in [3.8, 4) is 5.75 Å². The normalized spacial score (nSPS) is 10.0. The van der Waals surface area contributed by atoms with Crippen LogP contribution in [0.4, 0.5) is 0 Å². The lowest BCUT2D eigenvalue weighted by Crippen LogP contribution is -1.83. The summed E-state index contributed by atoms with van der Waals surface area (Å²) in [5, 5.41) is 9.20. The lowest BCUT2D eigenvalue weighted by molar-refractivity contribution is 0.474. The third-order valence-corrected chi connectivity index (χ3v) is 1.91. The molecule has 1 nitrogen and oxygen atoms in total. The number of hydrogen-bond acceptors (Lipinski definition) is 1. The fraction of sp³-hybridized carbons (Fsp3) is 0.333. The summed E-state index contributed by atoms with van der Waals surface area (Å²) in [5.41, 5.74) is 2.10. The van der Waals surface area contributed by atoms with Gasteiger partial charge in [0.15, 0.2) is 0 Å². The van der Waals surface area contributed by atoms with Gasteiger partial charge in [-0.2, -0.15) is 0 Å². The van der Waals surface area contributed by atoms with Crippen LogP contribution in [0.2, 0.25) is 0 Å². The molecular formula is C9H11ClO. The van der Waals surface area contributed by atoms with Crippen molar-refractivity contribution in [2.75, 3.05) is 0 Å². The number of benzene rings is 1. The molecule has 0 aliphatic rings. The highest BCUT2D eigenvalue weighted by Gasteiger charge is 1.96. The summed E-state index contributed by atoms with van der Waals surface area (Å²) in [6.45, 7) is 2.05. The fourth-order valence-electron chi connectivity index (χ4n) is 1.02. The van der Waals surface area contributed by atoms with Crippen LogP contribution in [-0.2, 0) is 12.3 Å². The summed E-state index contributed by atoms with van der Waals surface area (Å²) in [6, 6.07) is 5.45. The summed E-state index contributed by atoms with van der Waals surface area (Å²) in [5.74, 6) is 0.765. The lowest BCUT2D eigenvalue weighted by atomic mass is 10.1. The zero-order valence-corrected chi connectivity index (χ0v) is 7.23. The van der Waals surface area contributed by atoms with Gasteiger partial charge >= 0.3 is 0 Å². The standard InChI is InChI=1S/C9H11ClO/c1-2-7-3-8(6-10)5-9(11)4-7/h3-5,11H,2,6H2,1H3. The summed E-state index contributed by atoms with van der Waals surface area (Å²) < 4.78 is 0. The molecule has 0 fully saturated rings. The summed E-state index contributed by atoms with van der Waals surface area (Å²) in [4.78, 5) is 0. The topological polar surface area (TPSA) is 20.2 Å². The Morgan fingerprint density at radius 3 is 2.45 bits per heavy atom. The predicted molar refractivity (Wildman–Crippen MR) is 47.0 cm³/mol. The molecule has 2 heteroatoms. The first-order valence-corrected chi connectivity index (χ1v) is 4.17. The van der Waals surface area contributed by atoms with Gasteiger partial charge in [0.1, 0.15) is 5.75 Å². The Bertz CT molecular complexity index is 223. The Morgan fingerprint density at radius 2 is 1.91 bits per heavy atom. The van der Waals surface area contributed by atoms with Crippen molar-refractivity contribution in [2.45, 2.75) is 19.2 Å². The lowest BCUT2D eigenvalue weighted by Gasteiger charge is -2.01. The second kappa shape index (κ2) is 3.63. The van der Waals surface area contributed by atoms with E-state index in [0.717, 1.165) is 17.5 Å². The van der Waals surface area contributed by atoms with Crippen LogP contribution in [-0.4, -0.2) is 5.11 Å². The van der Waals surface area contributed by atoms with E-state index in [2.05, 4.69) is 0 Å². The highest BCUT2D eigenvalue weighted by molar-refractivity contribution is 6.17. The van der Waals surface area contributed by atoms with Gasteiger partial charge in [-0.05, 0) is 29.7 Å². The van der Waals surface area contributed by atoms with E-state index in [9.17, 15) is 5.11 Å². The molecular weight excluding hydrogens is 160 g/mol. The van der Waals surface area contributed by atoms with E-state index in [1.807, 2.05) is 13.0 Å². The number of rotatable bonds is 2. The van der Waals surface area contributed by atoms with Gasteiger partial charge < -0.3 is 5.11 Å². The van der Waals surface area contributed by atoms with Crippen LogP contribution in [0.15, 0.2) is 18.2 Å². The first kappa shape index (κ1) is 8.41. The third-order valence-electron chi connectivity index (χ3n) is 1.60. The molecule has 0 aliphatic heterocycles. The quantitative estimate of drug-likeness (QED) is 0.677. The van der Waals surface area contributed by atoms with Crippen LogP contribution in [0.3, 0.4) is 0 Å². The van der Waals surface area contributed by atoms with Crippen LogP contribution in [0, 0.1) is 0 Å². The van der Waals surface area contributed by atoms with Crippen molar-refractivity contribution in [2.24, 2.45) is 0 Å². The van der Waals surface area contributed by atoms with Crippen LogP contribution >= 0.6 is 11.6 Å². The molecule has 0 spiro atoms. The van der Waals surface area contributed by atoms with E-state index in [4.69, 9.17) is 11.6 Å². The summed E-state index contributed by atoms with van der Waals surface area (Å²) in [7, 11) is 0. The Hall–Kier alpha value is -0.690. The minimum absolute atomic E-state index is 0.306. The van der Waals surface area contributed by atoms with Crippen LogP contribution < -0.4 is 0 Å². The minimum Gasteiger partial charge on any atom is -0.508 e. The van der Waals surface area contributed by atoms with Gasteiger partial charge in [0, 0.05) is 5.88 Å². The molecule has 1 N–H and O–H groups in total. The molecule has 11 heavy (non-hydrogen) atoms. The van der Waals surface area contributed by atoms with Crippen molar-refractivity contribution < 1.29 is 5.11 Å². The van der Waals surface area contributed by atoms with Gasteiger partial charge in [0.25, 0.3) is 0 Å². The SMILES string of the molecule is CCc1cc(O)cc(CCl)c1. The van der Waals surface area contributed by atoms with Gasteiger partial charge in [-0.15, -0.1) is 11.6 Å². The number of halogens is 1. The molecule has 0 amide bonds. The summed E-state index contributed by atoms with van der Waals surface area (Å²) in [6.07, 6.45) is 0.929. The van der Waals surface area contributed by atoms with Gasteiger partial charge in [-0.3, -0.25) is 0 Å². The Balaban J connectivity index is 3.02. The number of hydrogen-bond donors (Lipinski definition) is 1. The van der Waals surface area contributed by atoms with Crippen LogP contribution in [0.1, 0.15) is 18.1 Å². The zero-order chi connectivity index (χ0) is 8.27. The molecule has 1 aromatic rings. The smallest absolute Gasteiger partial charge is 0.116 e. The molecule has 0 atom stereocenters. The Labute approximate surface area is 71.6 Å². The zero-order valence-electron chi connectivity index (χ0n) is 6.47. The van der Waals surface area contributed by atoms with E-state index >= 15 is 0 Å². The number of phenols is 1. The number of aryl methyl sites for hydroxylation is 1. The van der Waals surface area contributed by atoms with Crippen molar-refractivity contribution in [3.05, 3.63) is 29.3 Å². The average Bonchev–Trinajstić information content (AvgIpc) is 2.03. The van der Waals surface area contributed by atoms with Gasteiger partial charge in [-0.25, -0.2) is 0 Å². The van der Waals surface area contributed by atoms with Crippen LogP contribution in [0.25, 0.3) is 0 Å². The number of alkyl halides is 1. The maximum Gasteiger partial charge on any atom is 0.116 e. The molecule has 0 radical (unpaired) electrons. The largest absolute Gasteiger partial charge is 0.508 e. The first-order chi connectivity index (χ1) is 5.26. The average molecular weight is 171 g/mol. The molecule has 0 heterocycles. The third kappa shape index (κ3) is 2.12. The molecule has 60 valence electrons. The molecule has 1 aromatic carbocycles. The monoisotopic (exact) mass is 170 g/mol. The van der Waals surface area contributed by atoms with E-state index in [0.29, 0.717) is 11.6 Å². The van der Waals surface area contributed by atoms with E-state index in [1.165, 1.54) is 0 Å². The Kier molecular flexibility index (Phi) is 2.77. The molecule has 1 rings (SSSR count). The molecule has 0 saturated carbocycles. The predicted octanol–water partition coefficient (Wildman–Crippen LogP) is 2.69. The van der Waals surface area contributed by atoms with Crippen molar-refractivity contribution >= 4 is 11.6 Å². The highest BCUT2D eigenvalue weighted by Crippen LogP contribution is 2.17. The Morgan fingerprint density at radius 1 is 1.27 bits per heavy atom. The van der Waals surface area contributed by atoms with Gasteiger partial charge in [0.2, 0.25) is 0 Å². The second-order valence-electron chi connectivity index (χ2n) is 2.49. The maximum absolute atomic E-state index is 9.20. The van der Waals surface area contributed by atoms with Crippen molar-refractivity contribution in [1.29, 1.82) is 0 Å². The van der Waals surface area contributed by atoms with E-state index in [1.54, 1.807) is 12.1 Å². The first-order valence-electron chi connectivity index (χ1n) is 3.64. The number of aromatic hydroxyl groups is 1. The molecule has 0 saturated heterocycles. The van der Waals surface area contributed by atoms with Crippen molar-refractivity contribution in [1.82, 2.24) is 0 Å². The van der Waals surface area contributed by atoms with Gasteiger partial charge in [-0.1, -0.05) is 13.0 Å². The van der Waals surface area contributed by atoms with E-state index in [-0.39, 0.29) is 0 Å². The fourth-order valence-corrected chi connectivity index (χ4v) is 1.18. The molecule has 0 aromatic heterocycles. The maximum atomic E-state index is 9.20. The molecule has 0 unspecified atom stereocenters. The second-order valence-corrected chi connectivity index (χ2v) is 2.76. The van der Waals surface area contributed by atoms with Crippen molar-refractivity contribution in [3.63, 3.8) is 0 Å². The minimum atomic E-state index is 0.306. The van der Waals surface area contributed by atoms with Gasteiger partial charge in [0.05, 0.1) is 0 Å². The molecule has 0 aliphatic carbocycles. The molecule has 0 bridgehead atoms. The number of phenolic OH excluding ortho intramolecular Hbond substituents is 1. The highest BCUT2D eigenvalue weighted by atomic mass is 35.5.